The van der Waals surface area contributed by atoms with Gasteiger partial charge in [-0.1, -0.05) is 18.5 Å². The zero-order chi connectivity index (χ0) is 12.8. The van der Waals surface area contributed by atoms with Crippen LogP contribution < -0.4 is 0 Å². The van der Waals surface area contributed by atoms with Crippen LogP contribution in [0, 0.1) is 0 Å². The maximum absolute atomic E-state index is 5.89. The molecule has 2 aromatic heterocycles. The molecule has 0 spiro atoms. The third kappa shape index (κ3) is 3.79. The van der Waals surface area contributed by atoms with Gasteiger partial charge in [0.2, 0.25) is 0 Å². The van der Waals surface area contributed by atoms with E-state index in [1.165, 1.54) is 11.1 Å². The van der Waals surface area contributed by atoms with Gasteiger partial charge in [0.05, 0.1) is 0 Å². The molecule has 4 heteroatoms. The highest BCUT2D eigenvalue weighted by Gasteiger charge is 2.05. The molecule has 2 rings (SSSR count). The van der Waals surface area contributed by atoms with Gasteiger partial charge in [-0.2, -0.15) is 0 Å². The Bertz CT molecular complexity index is 487. The SMILES string of the molecule is CCN(Cc1ccncc1)Cc1ccnc(Cl)c1. The molecule has 18 heavy (non-hydrogen) atoms. The Labute approximate surface area is 112 Å². The maximum Gasteiger partial charge on any atom is 0.129 e. The van der Waals surface area contributed by atoms with Gasteiger partial charge in [0.25, 0.3) is 0 Å². The quantitative estimate of drug-likeness (QED) is 0.775. The molecule has 0 saturated carbocycles. The first kappa shape index (κ1) is 13.0. The molecule has 0 aliphatic heterocycles. The van der Waals surface area contributed by atoms with Gasteiger partial charge in [0.1, 0.15) is 5.15 Å². The Hall–Kier alpha value is -1.45. The molecule has 94 valence electrons. The number of rotatable bonds is 5. The number of pyridine rings is 2. The average Bonchev–Trinajstić information content (AvgIpc) is 2.39. The summed E-state index contributed by atoms with van der Waals surface area (Å²) in [5.74, 6) is 0. The number of aromatic nitrogens is 2. The predicted molar refractivity (Wildman–Crippen MR) is 73.3 cm³/mol. The Morgan fingerprint density at radius 2 is 1.72 bits per heavy atom. The first-order valence-electron chi connectivity index (χ1n) is 5.99. The van der Waals surface area contributed by atoms with E-state index in [0.717, 1.165) is 19.6 Å². The second-order valence-electron chi connectivity index (χ2n) is 4.15. The molecule has 0 fully saturated rings. The Morgan fingerprint density at radius 3 is 2.39 bits per heavy atom. The third-order valence-electron chi connectivity index (χ3n) is 2.80. The van der Waals surface area contributed by atoms with Crippen molar-refractivity contribution in [3.8, 4) is 0 Å². The van der Waals surface area contributed by atoms with Crippen molar-refractivity contribution >= 4 is 11.6 Å². The summed E-state index contributed by atoms with van der Waals surface area (Å²) in [5.41, 5.74) is 2.46. The van der Waals surface area contributed by atoms with Crippen LogP contribution >= 0.6 is 11.6 Å². The molecule has 0 bridgehead atoms. The second kappa shape index (κ2) is 6.47. The first-order valence-corrected chi connectivity index (χ1v) is 6.37. The van der Waals surface area contributed by atoms with E-state index < -0.39 is 0 Å². The highest BCUT2D eigenvalue weighted by molar-refractivity contribution is 6.29. The van der Waals surface area contributed by atoms with E-state index in [4.69, 9.17) is 11.6 Å². The largest absolute Gasteiger partial charge is 0.295 e. The fraction of sp³-hybridized carbons (Fsp3) is 0.286. The molecule has 0 radical (unpaired) electrons. The maximum atomic E-state index is 5.89. The Balaban J connectivity index is 2.01. The number of halogens is 1. The van der Waals surface area contributed by atoms with E-state index in [-0.39, 0.29) is 0 Å². The fourth-order valence-electron chi connectivity index (χ4n) is 1.83. The molecular weight excluding hydrogens is 246 g/mol. The second-order valence-corrected chi connectivity index (χ2v) is 4.53. The lowest BCUT2D eigenvalue weighted by molar-refractivity contribution is 0.271. The van der Waals surface area contributed by atoms with Gasteiger partial charge in [0.15, 0.2) is 0 Å². The molecule has 0 amide bonds. The van der Waals surface area contributed by atoms with Gasteiger partial charge in [-0.25, -0.2) is 4.98 Å². The average molecular weight is 262 g/mol. The van der Waals surface area contributed by atoms with Crippen molar-refractivity contribution in [1.29, 1.82) is 0 Å². The van der Waals surface area contributed by atoms with Crippen LogP contribution in [-0.4, -0.2) is 21.4 Å². The summed E-state index contributed by atoms with van der Waals surface area (Å²) in [6, 6.07) is 8.00. The van der Waals surface area contributed by atoms with Crippen molar-refractivity contribution in [2.24, 2.45) is 0 Å². The van der Waals surface area contributed by atoms with E-state index in [2.05, 4.69) is 21.8 Å². The van der Waals surface area contributed by atoms with Crippen LogP contribution in [-0.2, 0) is 13.1 Å². The molecule has 3 nitrogen and oxygen atoms in total. The zero-order valence-corrected chi connectivity index (χ0v) is 11.1. The monoisotopic (exact) mass is 261 g/mol. The highest BCUT2D eigenvalue weighted by atomic mass is 35.5. The molecule has 2 heterocycles. The molecule has 0 atom stereocenters. The summed E-state index contributed by atoms with van der Waals surface area (Å²) >= 11 is 5.89. The third-order valence-corrected chi connectivity index (χ3v) is 3.01. The van der Waals surface area contributed by atoms with Gasteiger partial charge in [-0.05, 0) is 41.9 Å². The van der Waals surface area contributed by atoms with Gasteiger partial charge >= 0.3 is 0 Å². The fourth-order valence-corrected chi connectivity index (χ4v) is 2.02. The van der Waals surface area contributed by atoms with Crippen molar-refractivity contribution in [2.45, 2.75) is 20.0 Å². The van der Waals surface area contributed by atoms with E-state index in [1.807, 2.05) is 36.7 Å². The van der Waals surface area contributed by atoms with Crippen LogP contribution in [0.1, 0.15) is 18.1 Å². The van der Waals surface area contributed by atoms with Crippen LogP contribution in [0.5, 0.6) is 0 Å². The van der Waals surface area contributed by atoms with Crippen molar-refractivity contribution < 1.29 is 0 Å². The van der Waals surface area contributed by atoms with Crippen molar-refractivity contribution in [3.63, 3.8) is 0 Å². The minimum Gasteiger partial charge on any atom is -0.295 e. The molecule has 0 saturated heterocycles. The standard InChI is InChI=1S/C14H16ClN3/c1-2-18(10-12-3-6-16-7-4-12)11-13-5-8-17-14(15)9-13/h3-9H,2,10-11H2,1H3. The number of hydrogen-bond donors (Lipinski definition) is 0. The highest BCUT2D eigenvalue weighted by Crippen LogP contribution is 2.12. The van der Waals surface area contributed by atoms with Crippen molar-refractivity contribution in [3.05, 3.63) is 59.1 Å². The van der Waals surface area contributed by atoms with Crippen molar-refractivity contribution in [2.75, 3.05) is 6.54 Å². The van der Waals surface area contributed by atoms with E-state index in [1.54, 1.807) is 6.20 Å². The summed E-state index contributed by atoms with van der Waals surface area (Å²) in [6.07, 6.45) is 5.40. The summed E-state index contributed by atoms with van der Waals surface area (Å²) < 4.78 is 0. The normalized spacial score (nSPS) is 10.8. The predicted octanol–water partition coefficient (Wildman–Crippen LogP) is 3.15. The number of nitrogens with zero attached hydrogens (tertiary/aromatic N) is 3. The van der Waals surface area contributed by atoms with E-state index >= 15 is 0 Å². The lowest BCUT2D eigenvalue weighted by Crippen LogP contribution is -2.22. The molecule has 0 aromatic carbocycles. The smallest absolute Gasteiger partial charge is 0.129 e. The van der Waals surface area contributed by atoms with Crippen LogP contribution in [0.4, 0.5) is 0 Å². The zero-order valence-electron chi connectivity index (χ0n) is 10.4. The summed E-state index contributed by atoms with van der Waals surface area (Å²) in [4.78, 5) is 10.4. The minimum absolute atomic E-state index is 0.549. The van der Waals surface area contributed by atoms with Crippen LogP contribution in [0.25, 0.3) is 0 Å². The van der Waals surface area contributed by atoms with E-state index in [0.29, 0.717) is 5.15 Å². The van der Waals surface area contributed by atoms with Gasteiger partial charge < -0.3 is 0 Å². The number of hydrogen-bond acceptors (Lipinski definition) is 3. The summed E-state index contributed by atoms with van der Waals surface area (Å²) in [6.45, 7) is 4.94. The van der Waals surface area contributed by atoms with E-state index in [9.17, 15) is 0 Å². The summed E-state index contributed by atoms with van der Waals surface area (Å²) in [7, 11) is 0. The lowest BCUT2D eigenvalue weighted by atomic mass is 10.2. The minimum atomic E-state index is 0.549. The Kier molecular flexibility index (Phi) is 4.67. The van der Waals surface area contributed by atoms with Gasteiger partial charge in [-0.3, -0.25) is 9.88 Å². The Morgan fingerprint density at radius 1 is 1.06 bits per heavy atom. The van der Waals surface area contributed by atoms with Crippen LogP contribution in [0.2, 0.25) is 5.15 Å². The molecule has 0 aliphatic carbocycles. The van der Waals surface area contributed by atoms with Crippen LogP contribution in [0.15, 0.2) is 42.9 Å². The lowest BCUT2D eigenvalue weighted by Gasteiger charge is -2.20. The topological polar surface area (TPSA) is 29.0 Å². The molecular formula is C14H16ClN3. The molecule has 0 aliphatic rings. The van der Waals surface area contributed by atoms with Gasteiger partial charge in [-0.15, -0.1) is 0 Å². The molecule has 0 unspecified atom stereocenters. The van der Waals surface area contributed by atoms with Gasteiger partial charge in [0, 0.05) is 31.7 Å². The summed E-state index contributed by atoms with van der Waals surface area (Å²) in [5, 5.41) is 0.549. The first-order chi connectivity index (χ1) is 8.78. The molecule has 2 aromatic rings. The van der Waals surface area contributed by atoms with Crippen molar-refractivity contribution in [1.82, 2.24) is 14.9 Å². The van der Waals surface area contributed by atoms with Crippen LogP contribution in [0.3, 0.4) is 0 Å². The molecule has 0 N–H and O–H groups in total.